The van der Waals surface area contributed by atoms with Gasteiger partial charge in [-0.15, -0.1) is 6.58 Å². The summed E-state index contributed by atoms with van der Waals surface area (Å²) in [4.78, 5) is 70.3. The smallest absolute Gasteiger partial charge is 0.315 e. The van der Waals surface area contributed by atoms with Crippen molar-refractivity contribution in [3.05, 3.63) is 42.5 Å². The Morgan fingerprint density at radius 3 is 2.15 bits per heavy atom. The summed E-state index contributed by atoms with van der Waals surface area (Å²) in [5, 5.41) is 11.2. The lowest BCUT2D eigenvalue weighted by atomic mass is 9.80. The molecule has 14 heteroatoms. The second kappa shape index (κ2) is 16.7. The van der Waals surface area contributed by atoms with Crippen LogP contribution in [-0.2, 0) is 35.7 Å². The SMILES string of the molecule is C=CCNC(=O)C(=O)C(CC1CCC1)NC(=O)[C@@H]1[C@@H](C(C)C)CCN1C(=O)[C@@H](NC(=O)N[C@H](CN1Cc2ccccc2S1(=O)=O)C(C)(C)C)C(C)(C)C. The van der Waals surface area contributed by atoms with E-state index in [-0.39, 0.29) is 48.8 Å². The number of nitrogens with one attached hydrogen (secondary N) is 4. The molecule has 1 unspecified atom stereocenters. The number of Topliss-reactive ketones (excluding diaryl/α,β-unsaturated/α-hetero) is 1. The zero-order valence-electron chi connectivity index (χ0n) is 32.7. The van der Waals surface area contributed by atoms with Crippen LogP contribution in [0.3, 0.4) is 0 Å². The van der Waals surface area contributed by atoms with Crippen molar-refractivity contribution in [2.75, 3.05) is 19.6 Å². The maximum Gasteiger partial charge on any atom is 0.315 e. The predicted octanol–water partition coefficient (Wildman–Crippen LogP) is 3.74. The molecular weight excluding hydrogens is 697 g/mol. The summed E-state index contributed by atoms with van der Waals surface area (Å²) in [6.45, 7) is 19.4. The molecule has 294 valence electrons. The highest BCUT2D eigenvalue weighted by molar-refractivity contribution is 7.89. The highest BCUT2D eigenvalue weighted by Crippen LogP contribution is 2.35. The van der Waals surface area contributed by atoms with Crippen LogP contribution < -0.4 is 21.3 Å². The van der Waals surface area contributed by atoms with Crippen LogP contribution in [0.1, 0.15) is 93.1 Å². The molecule has 0 aromatic heterocycles. The van der Waals surface area contributed by atoms with Gasteiger partial charge >= 0.3 is 6.03 Å². The Hall–Kier alpha value is -3.78. The molecule has 1 saturated carbocycles. The molecule has 0 spiro atoms. The fourth-order valence-corrected chi connectivity index (χ4v) is 9.05. The van der Waals surface area contributed by atoms with Gasteiger partial charge in [-0.05, 0) is 53.1 Å². The van der Waals surface area contributed by atoms with Gasteiger partial charge in [-0.3, -0.25) is 19.2 Å². The number of sulfonamides is 1. The average molecular weight is 757 g/mol. The van der Waals surface area contributed by atoms with Crippen molar-refractivity contribution in [1.29, 1.82) is 0 Å². The second-order valence-corrected chi connectivity index (χ2v) is 19.3. The molecule has 4 rings (SSSR count). The van der Waals surface area contributed by atoms with Crippen molar-refractivity contribution in [2.24, 2.45) is 28.6 Å². The first-order chi connectivity index (χ1) is 24.7. The van der Waals surface area contributed by atoms with E-state index in [0.29, 0.717) is 18.4 Å². The average Bonchev–Trinajstić information content (AvgIpc) is 3.61. The van der Waals surface area contributed by atoms with E-state index in [0.717, 1.165) is 19.3 Å². The van der Waals surface area contributed by atoms with Gasteiger partial charge in [0.25, 0.3) is 5.91 Å². The predicted molar refractivity (Wildman–Crippen MR) is 203 cm³/mol. The Morgan fingerprint density at radius 2 is 1.60 bits per heavy atom. The van der Waals surface area contributed by atoms with E-state index in [1.807, 2.05) is 55.4 Å². The number of nitrogens with zero attached hydrogens (tertiary/aromatic N) is 2. The van der Waals surface area contributed by atoms with Crippen LogP contribution in [0.5, 0.6) is 0 Å². The monoisotopic (exact) mass is 756 g/mol. The summed E-state index contributed by atoms with van der Waals surface area (Å²) in [7, 11) is -3.75. The van der Waals surface area contributed by atoms with Gasteiger partial charge in [-0.2, -0.15) is 4.31 Å². The van der Waals surface area contributed by atoms with Gasteiger partial charge in [-0.1, -0.05) is 98.9 Å². The Balaban J connectivity index is 1.54. The van der Waals surface area contributed by atoms with Crippen LogP contribution in [0.15, 0.2) is 41.8 Å². The number of fused-ring (bicyclic) bond motifs is 1. The molecule has 0 radical (unpaired) electrons. The van der Waals surface area contributed by atoms with Crippen molar-refractivity contribution in [2.45, 2.75) is 123 Å². The number of carbonyl (C=O) groups excluding carboxylic acids is 5. The minimum absolute atomic E-state index is 0.0186. The minimum Gasteiger partial charge on any atom is -0.346 e. The fourth-order valence-electron chi connectivity index (χ4n) is 7.41. The fraction of sp³-hybridized carbons (Fsp3) is 0.667. The molecule has 2 aliphatic heterocycles. The quantitative estimate of drug-likeness (QED) is 0.165. The highest BCUT2D eigenvalue weighted by Gasteiger charge is 2.48. The Morgan fingerprint density at radius 1 is 0.943 bits per heavy atom. The van der Waals surface area contributed by atoms with Gasteiger partial charge in [0.15, 0.2) is 0 Å². The van der Waals surface area contributed by atoms with E-state index >= 15 is 0 Å². The van der Waals surface area contributed by atoms with Crippen molar-refractivity contribution >= 4 is 39.6 Å². The van der Waals surface area contributed by atoms with E-state index in [9.17, 15) is 32.4 Å². The molecule has 5 atom stereocenters. The summed E-state index contributed by atoms with van der Waals surface area (Å²) in [6, 6.07) is 2.58. The molecule has 1 saturated heterocycles. The minimum atomic E-state index is -3.75. The Labute approximate surface area is 315 Å². The van der Waals surface area contributed by atoms with E-state index in [4.69, 9.17) is 0 Å². The molecule has 1 aromatic rings. The summed E-state index contributed by atoms with van der Waals surface area (Å²) < 4.78 is 28.1. The molecule has 13 nitrogen and oxygen atoms in total. The first-order valence-corrected chi connectivity index (χ1v) is 20.3. The van der Waals surface area contributed by atoms with Crippen LogP contribution in [0, 0.1) is 28.6 Å². The van der Waals surface area contributed by atoms with Crippen molar-refractivity contribution < 1.29 is 32.4 Å². The van der Waals surface area contributed by atoms with E-state index < -0.39 is 74.6 Å². The van der Waals surface area contributed by atoms with Crippen molar-refractivity contribution in [3.8, 4) is 0 Å². The largest absolute Gasteiger partial charge is 0.346 e. The third-order valence-electron chi connectivity index (χ3n) is 11.0. The van der Waals surface area contributed by atoms with Crippen LogP contribution in [0.4, 0.5) is 4.79 Å². The number of carbonyl (C=O) groups is 5. The molecule has 2 heterocycles. The number of urea groups is 1. The van der Waals surface area contributed by atoms with E-state index in [2.05, 4.69) is 27.8 Å². The molecule has 53 heavy (non-hydrogen) atoms. The topological polar surface area (TPSA) is 174 Å². The summed E-state index contributed by atoms with van der Waals surface area (Å²) in [5.41, 5.74) is -0.641. The van der Waals surface area contributed by atoms with Crippen LogP contribution in [-0.4, -0.2) is 91.0 Å². The van der Waals surface area contributed by atoms with E-state index in [1.165, 1.54) is 15.3 Å². The second-order valence-electron chi connectivity index (χ2n) is 17.4. The van der Waals surface area contributed by atoms with Crippen LogP contribution in [0.25, 0.3) is 0 Å². The summed E-state index contributed by atoms with van der Waals surface area (Å²) >= 11 is 0. The normalized spacial score (nSPS) is 21.9. The number of ketones is 1. The summed E-state index contributed by atoms with van der Waals surface area (Å²) in [5.74, 6) is -2.45. The number of rotatable bonds is 14. The van der Waals surface area contributed by atoms with Gasteiger partial charge in [0, 0.05) is 32.2 Å². The third-order valence-corrected chi connectivity index (χ3v) is 12.9. The molecule has 3 aliphatic rings. The van der Waals surface area contributed by atoms with Crippen LogP contribution >= 0.6 is 0 Å². The molecule has 4 N–H and O–H groups in total. The number of hydrogen-bond acceptors (Lipinski definition) is 7. The molecular formula is C39H60N6O7S. The highest BCUT2D eigenvalue weighted by atomic mass is 32.2. The third kappa shape index (κ3) is 9.86. The molecule has 1 aliphatic carbocycles. The van der Waals surface area contributed by atoms with Gasteiger partial charge in [0.2, 0.25) is 27.6 Å². The number of amides is 5. The Bertz CT molecular complexity index is 1660. The van der Waals surface area contributed by atoms with E-state index in [1.54, 1.807) is 24.3 Å². The van der Waals surface area contributed by atoms with Crippen molar-refractivity contribution in [3.63, 3.8) is 0 Å². The zero-order chi connectivity index (χ0) is 39.5. The van der Waals surface area contributed by atoms with Gasteiger partial charge in [0.05, 0.1) is 10.9 Å². The molecule has 0 bridgehead atoms. The number of likely N-dealkylation sites (tertiary alicyclic amines) is 1. The first kappa shape index (κ1) is 42.0. The van der Waals surface area contributed by atoms with Gasteiger partial charge in [0.1, 0.15) is 12.1 Å². The van der Waals surface area contributed by atoms with Crippen LogP contribution in [0.2, 0.25) is 0 Å². The first-order valence-electron chi connectivity index (χ1n) is 18.9. The van der Waals surface area contributed by atoms with Gasteiger partial charge in [-0.25, -0.2) is 13.2 Å². The zero-order valence-corrected chi connectivity index (χ0v) is 33.5. The maximum atomic E-state index is 14.5. The lowest BCUT2D eigenvalue weighted by molar-refractivity contribution is -0.145. The lowest BCUT2D eigenvalue weighted by Crippen LogP contribution is -2.62. The molecule has 1 aromatic carbocycles. The molecule has 2 fully saturated rings. The van der Waals surface area contributed by atoms with Gasteiger partial charge < -0.3 is 26.2 Å². The molecule has 5 amide bonds. The Kier molecular flexibility index (Phi) is 13.2. The number of benzene rings is 1. The standard InChI is InChI=1S/C39H60N6O7S/c1-10-19-40-35(48)32(46)28(21-25-14-13-15-25)41-34(47)31-27(24(2)3)18-20-45(31)36(49)33(39(7,8)9)43-37(50)42-30(38(4,5)6)23-44-22-26-16-11-12-17-29(26)53(44,51)52/h10-12,16-17,24-25,27-28,30-31,33H,1,13-15,18-23H2,2-9H3,(H,40,48)(H,41,47)(H2,42,43,50)/t27-,28?,30-,31+,33-/m1/s1. The maximum absolute atomic E-state index is 14.5. The lowest BCUT2D eigenvalue weighted by Gasteiger charge is -2.38. The number of hydrogen-bond donors (Lipinski definition) is 4. The van der Waals surface area contributed by atoms with Crippen molar-refractivity contribution in [1.82, 2.24) is 30.5 Å². The summed E-state index contributed by atoms with van der Waals surface area (Å²) in [6.07, 6.45) is 5.21.